The van der Waals surface area contributed by atoms with Gasteiger partial charge >= 0.3 is 0 Å². The Balaban J connectivity index is 2.07. The molecule has 1 atom stereocenters. The summed E-state index contributed by atoms with van der Waals surface area (Å²) in [6.07, 6.45) is 0.855. The number of hydrogen-bond acceptors (Lipinski definition) is 4. The summed E-state index contributed by atoms with van der Waals surface area (Å²) in [7, 11) is -0.503. The second-order valence-corrected chi connectivity index (χ2v) is 7.88. The van der Waals surface area contributed by atoms with Gasteiger partial charge in [0.05, 0.1) is 24.8 Å². The second kappa shape index (κ2) is 6.36. The third-order valence-corrected chi connectivity index (χ3v) is 6.05. The Hall–Kier alpha value is -2.21. The Labute approximate surface area is 142 Å². The van der Waals surface area contributed by atoms with E-state index in [0.29, 0.717) is 23.7 Å². The van der Waals surface area contributed by atoms with Crippen LogP contribution < -0.4 is 13.8 Å². The Bertz CT molecular complexity index is 831. The molecule has 0 radical (unpaired) electrons. The van der Waals surface area contributed by atoms with Gasteiger partial charge in [0.25, 0.3) is 10.0 Å². The van der Waals surface area contributed by atoms with E-state index in [1.807, 2.05) is 12.1 Å². The van der Waals surface area contributed by atoms with Gasteiger partial charge in [-0.25, -0.2) is 8.42 Å². The zero-order valence-corrected chi connectivity index (χ0v) is 14.8. The van der Waals surface area contributed by atoms with Crippen molar-refractivity contribution >= 4 is 15.7 Å². The number of hydrogen-bond donors (Lipinski definition) is 0. The fourth-order valence-corrected chi connectivity index (χ4v) is 4.61. The summed E-state index contributed by atoms with van der Waals surface area (Å²) in [5, 5.41) is 0. The van der Waals surface area contributed by atoms with Crippen LogP contribution in [0, 0.1) is 5.92 Å². The molecule has 128 valence electrons. The van der Waals surface area contributed by atoms with E-state index in [1.54, 1.807) is 44.6 Å². The van der Waals surface area contributed by atoms with Gasteiger partial charge in [-0.1, -0.05) is 13.0 Å². The Morgan fingerprint density at radius 3 is 2.25 bits per heavy atom. The van der Waals surface area contributed by atoms with E-state index in [-0.39, 0.29) is 10.8 Å². The van der Waals surface area contributed by atoms with Crippen LogP contribution in [0.2, 0.25) is 0 Å². The average Bonchev–Trinajstić information content (AvgIpc) is 2.60. The van der Waals surface area contributed by atoms with Gasteiger partial charge in [0.2, 0.25) is 0 Å². The Morgan fingerprint density at radius 1 is 1.00 bits per heavy atom. The molecule has 0 N–H and O–H groups in total. The van der Waals surface area contributed by atoms with Crippen molar-refractivity contribution in [2.75, 3.05) is 25.1 Å². The summed E-state index contributed by atoms with van der Waals surface area (Å²) in [5.41, 5.74) is 1.72. The van der Waals surface area contributed by atoms with E-state index in [0.717, 1.165) is 12.0 Å². The predicted octanol–water partition coefficient (Wildman–Crippen LogP) is 3.09. The molecule has 3 rings (SSSR count). The van der Waals surface area contributed by atoms with E-state index < -0.39 is 10.0 Å². The van der Waals surface area contributed by atoms with Crippen LogP contribution in [0.4, 0.5) is 5.69 Å². The monoisotopic (exact) mass is 347 g/mol. The van der Waals surface area contributed by atoms with Crippen molar-refractivity contribution < 1.29 is 17.9 Å². The van der Waals surface area contributed by atoms with Crippen LogP contribution >= 0.6 is 0 Å². The maximum Gasteiger partial charge on any atom is 0.264 e. The van der Waals surface area contributed by atoms with Crippen molar-refractivity contribution in [3.05, 3.63) is 48.0 Å². The van der Waals surface area contributed by atoms with Gasteiger partial charge in [-0.05, 0) is 48.2 Å². The lowest BCUT2D eigenvalue weighted by Gasteiger charge is -2.34. The minimum Gasteiger partial charge on any atom is -0.497 e. The van der Waals surface area contributed by atoms with Gasteiger partial charge in [0.1, 0.15) is 11.5 Å². The average molecular weight is 347 g/mol. The standard InChI is InChI=1S/C18H21NO4S/c1-13-10-14-4-5-16(23-3)11-18(14)19(12-13)24(20,21)17-8-6-15(22-2)7-9-17/h4-9,11,13H,10,12H2,1-3H3. The van der Waals surface area contributed by atoms with Crippen molar-refractivity contribution in [1.82, 2.24) is 0 Å². The zero-order chi connectivity index (χ0) is 17.3. The van der Waals surface area contributed by atoms with Gasteiger partial charge in [-0.15, -0.1) is 0 Å². The molecule has 1 aliphatic rings. The smallest absolute Gasteiger partial charge is 0.264 e. The first kappa shape index (κ1) is 16.6. The largest absolute Gasteiger partial charge is 0.497 e. The first-order valence-electron chi connectivity index (χ1n) is 7.79. The highest BCUT2D eigenvalue weighted by Gasteiger charge is 2.32. The molecule has 0 aromatic heterocycles. The summed E-state index contributed by atoms with van der Waals surface area (Å²) in [6, 6.07) is 12.1. The van der Waals surface area contributed by atoms with Crippen LogP contribution in [0.15, 0.2) is 47.4 Å². The molecular formula is C18H21NO4S. The lowest BCUT2D eigenvalue weighted by molar-refractivity contribution is 0.414. The Morgan fingerprint density at radius 2 is 1.62 bits per heavy atom. The van der Waals surface area contributed by atoms with Crippen LogP contribution in [0.25, 0.3) is 0 Å². The molecule has 1 heterocycles. The van der Waals surface area contributed by atoms with Crippen molar-refractivity contribution in [3.63, 3.8) is 0 Å². The van der Waals surface area contributed by atoms with Crippen LogP contribution in [-0.4, -0.2) is 29.2 Å². The normalized spacial score (nSPS) is 17.3. The van der Waals surface area contributed by atoms with Crippen molar-refractivity contribution in [3.8, 4) is 11.5 Å². The van der Waals surface area contributed by atoms with E-state index >= 15 is 0 Å². The first-order chi connectivity index (χ1) is 11.5. The highest BCUT2D eigenvalue weighted by atomic mass is 32.2. The number of ether oxygens (including phenoxy) is 2. The number of anilines is 1. The SMILES string of the molecule is COc1ccc(S(=O)(=O)N2CC(C)Cc3ccc(OC)cc32)cc1. The zero-order valence-electron chi connectivity index (χ0n) is 14.0. The number of benzene rings is 2. The minimum atomic E-state index is -3.64. The molecule has 2 aromatic rings. The maximum atomic E-state index is 13.1. The number of rotatable bonds is 4. The molecule has 2 aromatic carbocycles. The number of methoxy groups -OCH3 is 2. The van der Waals surface area contributed by atoms with Crippen LogP contribution in [0.1, 0.15) is 12.5 Å². The van der Waals surface area contributed by atoms with Crippen molar-refractivity contribution in [2.24, 2.45) is 5.92 Å². The molecule has 0 spiro atoms. The molecule has 0 saturated carbocycles. The lowest BCUT2D eigenvalue weighted by atomic mass is 9.95. The third kappa shape index (κ3) is 2.94. The van der Waals surface area contributed by atoms with Crippen molar-refractivity contribution in [1.29, 1.82) is 0 Å². The molecule has 0 amide bonds. The number of fused-ring (bicyclic) bond motifs is 1. The summed E-state index contributed by atoms with van der Waals surface area (Å²) < 4.78 is 38.1. The first-order valence-corrected chi connectivity index (χ1v) is 9.23. The highest BCUT2D eigenvalue weighted by molar-refractivity contribution is 7.92. The topological polar surface area (TPSA) is 55.8 Å². The number of nitrogens with zero attached hydrogens (tertiary/aromatic N) is 1. The molecule has 0 fully saturated rings. The quantitative estimate of drug-likeness (QED) is 0.853. The molecule has 5 nitrogen and oxygen atoms in total. The van der Waals surface area contributed by atoms with Gasteiger partial charge < -0.3 is 9.47 Å². The van der Waals surface area contributed by atoms with Crippen molar-refractivity contribution in [2.45, 2.75) is 18.2 Å². The van der Waals surface area contributed by atoms with Gasteiger partial charge in [-0.3, -0.25) is 4.31 Å². The van der Waals surface area contributed by atoms with Crippen LogP contribution in [-0.2, 0) is 16.4 Å². The lowest BCUT2D eigenvalue weighted by Crippen LogP contribution is -2.39. The van der Waals surface area contributed by atoms with E-state index in [9.17, 15) is 8.42 Å². The minimum absolute atomic E-state index is 0.249. The summed E-state index contributed by atoms with van der Waals surface area (Å²) >= 11 is 0. The fourth-order valence-electron chi connectivity index (χ4n) is 3.00. The van der Waals surface area contributed by atoms with Crippen LogP contribution in [0.3, 0.4) is 0 Å². The summed E-state index contributed by atoms with van der Waals surface area (Å²) in [4.78, 5) is 0.256. The molecule has 0 saturated heterocycles. The van der Waals surface area contributed by atoms with Crippen LogP contribution in [0.5, 0.6) is 11.5 Å². The molecule has 1 aliphatic heterocycles. The van der Waals surface area contributed by atoms with E-state index in [2.05, 4.69) is 6.92 Å². The predicted molar refractivity (Wildman–Crippen MR) is 93.4 cm³/mol. The van der Waals surface area contributed by atoms with E-state index in [1.165, 1.54) is 4.31 Å². The molecule has 0 aliphatic carbocycles. The summed E-state index contributed by atoms with van der Waals surface area (Å²) in [6.45, 7) is 2.51. The highest BCUT2D eigenvalue weighted by Crippen LogP contribution is 2.36. The molecule has 1 unspecified atom stereocenters. The third-order valence-electron chi connectivity index (χ3n) is 4.25. The Kier molecular flexibility index (Phi) is 4.41. The summed E-state index contributed by atoms with van der Waals surface area (Å²) in [5.74, 6) is 1.53. The fraction of sp³-hybridized carbons (Fsp3) is 0.333. The molecular weight excluding hydrogens is 326 g/mol. The van der Waals surface area contributed by atoms with E-state index in [4.69, 9.17) is 9.47 Å². The van der Waals surface area contributed by atoms with Gasteiger partial charge in [0.15, 0.2) is 0 Å². The number of sulfonamides is 1. The molecule has 6 heteroatoms. The van der Waals surface area contributed by atoms with Gasteiger partial charge in [0, 0.05) is 12.6 Å². The van der Waals surface area contributed by atoms with Gasteiger partial charge in [-0.2, -0.15) is 0 Å². The molecule has 0 bridgehead atoms. The second-order valence-electron chi connectivity index (χ2n) is 6.02. The molecule has 24 heavy (non-hydrogen) atoms. The maximum absolute atomic E-state index is 13.1.